The van der Waals surface area contributed by atoms with Crippen LogP contribution in [-0.4, -0.2) is 79.1 Å². The van der Waals surface area contributed by atoms with Crippen molar-refractivity contribution in [2.75, 3.05) is 0 Å². The van der Waals surface area contributed by atoms with Crippen molar-refractivity contribution in [3.05, 3.63) is 35.9 Å². The van der Waals surface area contributed by atoms with Crippen molar-refractivity contribution in [3.63, 3.8) is 0 Å². The van der Waals surface area contributed by atoms with Crippen molar-refractivity contribution in [2.45, 2.75) is 77.2 Å². The van der Waals surface area contributed by atoms with Crippen LogP contribution in [0.4, 0.5) is 110 Å². The fraction of sp³-hybridized carbons (Fsp3) is 0.684. The Balaban J connectivity index is 3.83. The lowest BCUT2D eigenvalue weighted by molar-refractivity contribution is -0.480. The number of hydrogen-bond acceptors (Lipinski definition) is 2. The molecule has 0 aromatic heterocycles. The number of hydrogen-bond donors (Lipinski definition) is 1. The highest BCUT2D eigenvalue weighted by Crippen LogP contribution is 2.68. The lowest BCUT2D eigenvalue weighted by Crippen LogP contribution is -2.78. The smallest absolute Gasteiger partial charge is 0.206 e. The molecule has 282 valence electrons. The second kappa shape index (κ2) is 11.5. The summed E-state index contributed by atoms with van der Waals surface area (Å²) < 4.78 is 361. The first-order chi connectivity index (χ1) is 20.6. The molecule has 0 saturated heterocycles. The van der Waals surface area contributed by atoms with E-state index in [9.17, 15) is 118 Å². The molecule has 0 radical (unpaired) electrons. The van der Waals surface area contributed by atoms with Crippen LogP contribution in [0.25, 0.3) is 0 Å². The van der Waals surface area contributed by atoms with Crippen molar-refractivity contribution >= 4 is 10.0 Å². The third-order valence-corrected chi connectivity index (χ3v) is 7.37. The molecule has 0 bridgehead atoms. The zero-order valence-electron chi connectivity index (χ0n) is 21.3. The molecule has 0 spiro atoms. The molecule has 0 atom stereocenters. The van der Waals surface area contributed by atoms with Gasteiger partial charge >= 0.3 is 70.7 Å². The number of benzene rings is 1. The van der Waals surface area contributed by atoms with E-state index in [1.54, 1.807) is 0 Å². The SMILES string of the molecule is O=S(=O)(NCc1ccccc1)C(F)(F)C(F)(F)C(F)(F)C(F)(F)C(F)(F)C(F)(F)C(F)(F)C(F)(F)C(F)(F)C(F)(F)C(F)(F)C(F)(F)F. The van der Waals surface area contributed by atoms with E-state index < -0.39 is 92.8 Å². The van der Waals surface area contributed by atoms with E-state index in [-0.39, 0.29) is 0 Å². The van der Waals surface area contributed by atoms with Gasteiger partial charge in [-0.2, -0.15) is 110 Å². The highest BCUT2D eigenvalue weighted by Gasteiger charge is 3.00. The van der Waals surface area contributed by atoms with Crippen LogP contribution in [0.3, 0.4) is 0 Å². The summed E-state index contributed by atoms with van der Waals surface area (Å²) in [6.07, 6.45) is -8.22. The predicted molar refractivity (Wildman–Crippen MR) is 103 cm³/mol. The first kappa shape index (κ1) is 43.4. The van der Waals surface area contributed by atoms with Crippen LogP contribution in [0.1, 0.15) is 5.56 Å². The number of sulfonamides is 1. The van der Waals surface area contributed by atoms with Gasteiger partial charge in [0.05, 0.1) is 0 Å². The number of nitrogens with one attached hydrogen (secondary N) is 1. The van der Waals surface area contributed by atoms with Crippen LogP contribution >= 0.6 is 0 Å². The predicted octanol–water partition coefficient (Wildman–Crippen LogP) is 8.61. The van der Waals surface area contributed by atoms with Gasteiger partial charge in [0, 0.05) is 6.54 Å². The minimum atomic E-state index is -9.74. The van der Waals surface area contributed by atoms with Gasteiger partial charge < -0.3 is 0 Å². The third-order valence-electron chi connectivity index (χ3n) is 5.92. The van der Waals surface area contributed by atoms with Crippen molar-refractivity contribution in [1.82, 2.24) is 4.72 Å². The summed E-state index contributed by atoms with van der Waals surface area (Å²) >= 11 is 0. The summed E-state index contributed by atoms with van der Waals surface area (Å²) in [5, 5.41) is -7.95. The molecule has 0 aliphatic rings. The molecule has 0 saturated carbocycles. The first-order valence-electron chi connectivity index (χ1n) is 10.8. The Morgan fingerprint density at radius 3 is 0.917 bits per heavy atom. The molecule has 3 nitrogen and oxygen atoms in total. The largest absolute Gasteiger partial charge is 0.460 e. The van der Waals surface area contributed by atoms with Gasteiger partial charge in [-0.3, -0.25) is 0 Å². The quantitative estimate of drug-likeness (QED) is 0.192. The fourth-order valence-corrected chi connectivity index (χ4v) is 3.98. The summed E-state index contributed by atoms with van der Waals surface area (Å²) in [7, 11) is -7.65. The third kappa shape index (κ3) is 5.47. The molecule has 1 aromatic rings. The summed E-state index contributed by atoms with van der Waals surface area (Å²) in [4.78, 5) is 0. The second-order valence-electron chi connectivity index (χ2n) is 9.07. The van der Waals surface area contributed by atoms with Gasteiger partial charge in [0.1, 0.15) is 0 Å². The van der Waals surface area contributed by atoms with Crippen LogP contribution in [-0.2, 0) is 16.6 Å². The molecular weight excluding hydrogens is 781 g/mol. The topological polar surface area (TPSA) is 46.2 Å². The van der Waals surface area contributed by atoms with E-state index in [4.69, 9.17) is 0 Å². The zero-order valence-corrected chi connectivity index (χ0v) is 22.1. The Kier molecular flexibility index (Phi) is 10.4. The summed E-state index contributed by atoms with van der Waals surface area (Å²) in [6, 6.07) is 4.52. The molecule has 0 fully saturated rings. The van der Waals surface area contributed by atoms with Crippen molar-refractivity contribution in [2.24, 2.45) is 0 Å². The summed E-state index contributed by atoms with van der Waals surface area (Å²) in [5.74, 6) is -93.6. The van der Waals surface area contributed by atoms with Gasteiger partial charge in [-0.25, -0.2) is 13.1 Å². The van der Waals surface area contributed by atoms with E-state index >= 15 is 0 Å². The van der Waals surface area contributed by atoms with E-state index in [1.807, 2.05) is 0 Å². The zero-order chi connectivity index (χ0) is 39.0. The Hall–Kier alpha value is -2.62. The minimum Gasteiger partial charge on any atom is -0.206 e. The Labute approximate surface area is 247 Å². The van der Waals surface area contributed by atoms with Crippen LogP contribution in [0.15, 0.2) is 30.3 Å². The average molecular weight is 789 g/mol. The maximum atomic E-state index is 14.1. The molecule has 0 aliphatic heterocycles. The highest BCUT2D eigenvalue weighted by molar-refractivity contribution is 7.90. The number of alkyl halides is 25. The Morgan fingerprint density at radius 1 is 0.396 bits per heavy atom. The lowest BCUT2D eigenvalue weighted by Gasteiger charge is -2.45. The molecule has 0 unspecified atom stereocenters. The highest BCUT2D eigenvalue weighted by atomic mass is 32.2. The minimum absolute atomic E-state index is 0.325. The maximum Gasteiger partial charge on any atom is 0.460 e. The Morgan fingerprint density at radius 2 is 0.646 bits per heavy atom. The summed E-state index contributed by atoms with van der Waals surface area (Å²) in [5.41, 5.74) is -0.554. The van der Waals surface area contributed by atoms with Gasteiger partial charge in [0.25, 0.3) is 10.0 Å². The normalized spacial score (nSPS) is 16.4. The van der Waals surface area contributed by atoms with E-state index in [0.29, 0.717) is 4.72 Å². The van der Waals surface area contributed by atoms with Crippen LogP contribution < -0.4 is 4.72 Å². The van der Waals surface area contributed by atoms with Gasteiger partial charge in [-0.1, -0.05) is 30.3 Å². The van der Waals surface area contributed by atoms with Crippen LogP contribution in [0.5, 0.6) is 0 Å². The molecule has 1 N–H and O–H groups in total. The van der Waals surface area contributed by atoms with E-state index in [0.717, 1.165) is 30.3 Å². The molecule has 0 heterocycles. The van der Waals surface area contributed by atoms with Crippen molar-refractivity contribution in [1.29, 1.82) is 0 Å². The van der Waals surface area contributed by atoms with Crippen LogP contribution in [0, 0.1) is 0 Å². The molecule has 48 heavy (non-hydrogen) atoms. The van der Waals surface area contributed by atoms with E-state index in [1.165, 1.54) is 0 Å². The number of halogens is 25. The molecule has 0 amide bonds. The van der Waals surface area contributed by atoms with Crippen molar-refractivity contribution in [3.8, 4) is 0 Å². The first-order valence-corrected chi connectivity index (χ1v) is 12.3. The molecule has 0 aliphatic carbocycles. The molecular formula is C19H8F25NO2S. The van der Waals surface area contributed by atoms with Gasteiger partial charge in [0.15, 0.2) is 0 Å². The number of rotatable bonds is 14. The Bertz CT molecular complexity index is 1420. The van der Waals surface area contributed by atoms with Crippen LogP contribution in [0.2, 0.25) is 0 Å². The fourth-order valence-electron chi connectivity index (χ4n) is 2.97. The van der Waals surface area contributed by atoms with Gasteiger partial charge in [-0.15, -0.1) is 0 Å². The van der Waals surface area contributed by atoms with Gasteiger partial charge in [0.2, 0.25) is 0 Å². The lowest BCUT2D eigenvalue weighted by atomic mass is 9.85. The van der Waals surface area contributed by atoms with E-state index in [2.05, 4.69) is 0 Å². The molecule has 1 rings (SSSR count). The molecule has 1 aromatic carbocycles. The standard InChI is InChI=1S/C19H8F25NO2S/c20-8(21,10(24,25)12(28,29)14(32,33)16(36,37)18(40,41)42)9(22,23)11(26,27)13(30,31)15(34,35)17(38,39)19(43,44)48(46,47)45-6-7-4-2-1-3-5-7/h1-5,45H,6H2. The average Bonchev–Trinajstić information content (AvgIpc) is 2.90. The monoisotopic (exact) mass is 789 g/mol. The maximum absolute atomic E-state index is 14.1. The second-order valence-corrected chi connectivity index (χ2v) is 10.9. The summed E-state index contributed by atoms with van der Waals surface area (Å²) in [6.45, 7) is -1.67. The van der Waals surface area contributed by atoms with Gasteiger partial charge in [-0.05, 0) is 5.56 Å². The van der Waals surface area contributed by atoms with Crippen molar-refractivity contribution < 1.29 is 118 Å². The molecule has 29 heteroatoms.